The van der Waals surface area contributed by atoms with Crippen LogP contribution in [-0.4, -0.2) is 43.4 Å². The number of rotatable bonds is 3. The molecule has 178 valence electrons. The average molecular weight is 471 g/mol. The van der Waals surface area contributed by atoms with Gasteiger partial charge in [0.15, 0.2) is 0 Å². The molecule has 10 heteroatoms. The van der Waals surface area contributed by atoms with E-state index < -0.39 is 6.04 Å². The van der Waals surface area contributed by atoms with Crippen molar-refractivity contribution in [2.75, 3.05) is 10.7 Å². The lowest BCUT2D eigenvalue weighted by Crippen LogP contribution is -2.38. The SMILES string of the molecule is CC1=NN(c2ccc(C)c(C)c2)C(=O)C1N.Nc1cccc(-c2cccc(-c3nn[nH]n3)c2)c1O. The molecule has 0 saturated carbocycles. The number of H-pyrrole nitrogens is 1. The fraction of sp³-hybridized carbons (Fsp3) is 0.160. The predicted octanol–water partition coefficient (Wildman–Crippen LogP) is 3.17. The number of tetrazole rings is 1. The third kappa shape index (κ3) is 4.87. The first-order chi connectivity index (χ1) is 16.8. The largest absolute Gasteiger partial charge is 0.505 e. The second-order valence-electron chi connectivity index (χ2n) is 8.20. The number of phenols is 1. The lowest BCUT2D eigenvalue weighted by molar-refractivity contribution is -0.117. The number of nitrogens with one attached hydrogen (secondary N) is 1. The highest BCUT2D eigenvalue weighted by Gasteiger charge is 2.31. The maximum absolute atomic E-state index is 11.8. The zero-order valence-corrected chi connectivity index (χ0v) is 19.6. The van der Waals surface area contributed by atoms with Gasteiger partial charge in [-0.3, -0.25) is 4.79 Å². The molecule has 0 saturated heterocycles. The number of aromatic nitrogens is 4. The van der Waals surface area contributed by atoms with E-state index in [9.17, 15) is 9.90 Å². The number of hydrogen-bond acceptors (Lipinski definition) is 8. The van der Waals surface area contributed by atoms with E-state index in [0.717, 1.165) is 22.4 Å². The molecule has 5 rings (SSSR count). The Morgan fingerprint density at radius 1 is 0.971 bits per heavy atom. The van der Waals surface area contributed by atoms with Crippen molar-refractivity contribution in [3.63, 3.8) is 0 Å². The summed E-state index contributed by atoms with van der Waals surface area (Å²) in [5.41, 5.74) is 17.8. The number of nitrogen functional groups attached to an aromatic ring is 1. The molecular weight excluding hydrogens is 444 g/mol. The molecule has 0 spiro atoms. The maximum atomic E-state index is 11.8. The standard InChI is InChI=1S/C13H11N5O.C12H15N3O/c14-11-6-2-5-10(12(11)19)8-3-1-4-9(7-8)13-15-17-18-16-13;1-7-4-5-10(6-8(7)2)15-12(16)11(13)9(3)14-15/h1-7,19H,14H2,(H,15,16,17,18);4-6,11H,13H2,1-3H3. The second-order valence-corrected chi connectivity index (χ2v) is 8.20. The quantitative estimate of drug-likeness (QED) is 0.264. The molecule has 35 heavy (non-hydrogen) atoms. The summed E-state index contributed by atoms with van der Waals surface area (Å²) in [5.74, 6) is 0.416. The topological polar surface area (TPSA) is 159 Å². The molecule has 1 aliphatic rings. The van der Waals surface area contributed by atoms with Gasteiger partial charge in [-0.15, -0.1) is 10.2 Å². The number of amides is 1. The summed E-state index contributed by atoms with van der Waals surface area (Å²) in [6.07, 6.45) is 0. The molecule has 1 aliphatic heterocycles. The summed E-state index contributed by atoms with van der Waals surface area (Å²) in [6.45, 7) is 5.81. The summed E-state index contributed by atoms with van der Waals surface area (Å²) < 4.78 is 0. The highest BCUT2D eigenvalue weighted by molar-refractivity contribution is 6.17. The van der Waals surface area contributed by atoms with Gasteiger partial charge in [0.2, 0.25) is 5.82 Å². The number of hydrazone groups is 1. The van der Waals surface area contributed by atoms with Crippen LogP contribution in [0.1, 0.15) is 18.1 Å². The molecular formula is C25H26N8O2. The van der Waals surface area contributed by atoms with Crippen molar-refractivity contribution >= 4 is 23.0 Å². The fourth-order valence-electron chi connectivity index (χ4n) is 3.53. The van der Waals surface area contributed by atoms with Gasteiger partial charge in [-0.25, -0.2) is 0 Å². The molecule has 0 bridgehead atoms. The van der Waals surface area contributed by atoms with Crippen molar-refractivity contribution in [3.05, 3.63) is 71.8 Å². The number of carbonyl (C=O) groups is 1. The summed E-state index contributed by atoms with van der Waals surface area (Å²) >= 11 is 0. The third-order valence-corrected chi connectivity index (χ3v) is 5.76. The van der Waals surface area contributed by atoms with E-state index in [1.807, 2.05) is 56.3 Å². The molecule has 10 nitrogen and oxygen atoms in total. The van der Waals surface area contributed by atoms with Crippen LogP contribution in [0.25, 0.3) is 22.5 Å². The van der Waals surface area contributed by atoms with Crippen LogP contribution in [0.3, 0.4) is 0 Å². The Morgan fingerprint density at radius 3 is 2.37 bits per heavy atom. The van der Waals surface area contributed by atoms with Gasteiger partial charge in [-0.1, -0.05) is 36.4 Å². The molecule has 1 atom stereocenters. The Kier molecular flexibility index (Phi) is 6.56. The fourth-order valence-corrected chi connectivity index (χ4v) is 3.53. The normalized spacial score (nSPS) is 15.0. The van der Waals surface area contributed by atoms with Gasteiger partial charge in [0.1, 0.15) is 11.8 Å². The van der Waals surface area contributed by atoms with E-state index in [1.54, 1.807) is 25.1 Å². The van der Waals surface area contributed by atoms with Gasteiger partial charge in [-0.05, 0) is 66.9 Å². The first kappa shape index (κ1) is 23.6. The third-order valence-electron chi connectivity index (χ3n) is 5.76. The summed E-state index contributed by atoms with van der Waals surface area (Å²) in [7, 11) is 0. The van der Waals surface area contributed by atoms with Crippen LogP contribution in [0.4, 0.5) is 11.4 Å². The lowest BCUT2D eigenvalue weighted by atomic mass is 10.0. The lowest BCUT2D eigenvalue weighted by Gasteiger charge is -2.14. The van der Waals surface area contributed by atoms with E-state index in [-0.39, 0.29) is 11.7 Å². The number of nitrogens with two attached hydrogens (primary N) is 2. The molecule has 1 aromatic heterocycles. The van der Waals surface area contributed by atoms with E-state index in [2.05, 4.69) is 25.7 Å². The van der Waals surface area contributed by atoms with Gasteiger partial charge in [0, 0.05) is 11.1 Å². The number of benzene rings is 3. The van der Waals surface area contributed by atoms with Crippen LogP contribution >= 0.6 is 0 Å². The minimum absolute atomic E-state index is 0.0766. The van der Waals surface area contributed by atoms with Crippen LogP contribution in [0.5, 0.6) is 5.75 Å². The number of carbonyl (C=O) groups excluding carboxylic acids is 1. The molecule has 2 heterocycles. The Hall–Kier alpha value is -4.57. The molecule has 3 aromatic carbocycles. The van der Waals surface area contributed by atoms with E-state index in [4.69, 9.17) is 11.5 Å². The maximum Gasteiger partial charge on any atom is 0.270 e. The highest BCUT2D eigenvalue weighted by atomic mass is 16.3. The smallest absolute Gasteiger partial charge is 0.270 e. The number of anilines is 2. The Morgan fingerprint density at radius 2 is 1.71 bits per heavy atom. The second kappa shape index (κ2) is 9.74. The zero-order valence-electron chi connectivity index (χ0n) is 19.6. The van der Waals surface area contributed by atoms with Gasteiger partial charge in [-0.2, -0.15) is 15.3 Å². The number of nitrogens with zero attached hydrogens (tertiary/aromatic N) is 5. The highest BCUT2D eigenvalue weighted by Crippen LogP contribution is 2.34. The first-order valence-corrected chi connectivity index (χ1v) is 10.9. The number of phenolic OH excluding ortho intramolecular Hbond substituents is 1. The summed E-state index contributed by atoms with van der Waals surface area (Å²) in [6, 6.07) is 18.0. The van der Waals surface area contributed by atoms with Crippen LogP contribution in [0.2, 0.25) is 0 Å². The van der Waals surface area contributed by atoms with Gasteiger partial charge < -0.3 is 16.6 Å². The van der Waals surface area contributed by atoms with Crippen LogP contribution in [0.15, 0.2) is 65.8 Å². The molecule has 0 aliphatic carbocycles. The van der Waals surface area contributed by atoms with Crippen LogP contribution in [0, 0.1) is 13.8 Å². The van der Waals surface area contributed by atoms with Crippen molar-refractivity contribution in [2.24, 2.45) is 10.8 Å². The van der Waals surface area contributed by atoms with E-state index in [1.165, 1.54) is 10.6 Å². The predicted molar refractivity (Wildman–Crippen MR) is 136 cm³/mol. The number of aryl methyl sites for hydroxylation is 2. The molecule has 1 amide bonds. The van der Waals surface area contributed by atoms with Crippen molar-refractivity contribution in [1.29, 1.82) is 0 Å². The van der Waals surface area contributed by atoms with E-state index in [0.29, 0.717) is 22.8 Å². The minimum atomic E-state index is -0.596. The van der Waals surface area contributed by atoms with Gasteiger partial charge in [0.05, 0.1) is 17.1 Å². The summed E-state index contributed by atoms with van der Waals surface area (Å²) in [5, 5.41) is 29.3. The zero-order chi connectivity index (χ0) is 25.1. The van der Waals surface area contributed by atoms with Crippen LogP contribution < -0.4 is 16.5 Å². The Labute approximate surface area is 202 Å². The molecule has 0 fully saturated rings. The van der Waals surface area contributed by atoms with Crippen molar-refractivity contribution in [1.82, 2.24) is 20.6 Å². The number of aromatic hydroxyl groups is 1. The first-order valence-electron chi connectivity index (χ1n) is 10.9. The van der Waals surface area contributed by atoms with Crippen molar-refractivity contribution in [3.8, 4) is 28.3 Å². The molecule has 0 radical (unpaired) electrons. The van der Waals surface area contributed by atoms with Gasteiger partial charge in [0.25, 0.3) is 5.91 Å². The minimum Gasteiger partial charge on any atom is -0.505 e. The molecule has 4 aromatic rings. The Balaban J connectivity index is 0.000000168. The Bertz CT molecular complexity index is 1400. The van der Waals surface area contributed by atoms with Crippen LogP contribution in [-0.2, 0) is 4.79 Å². The molecule has 1 unspecified atom stereocenters. The van der Waals surface area contributed by atoms with E-state index >= 15 is 0 Å². The average Bonchev–Trinajstić information content (AvgIpc) is 3.48. The summed E-state index contributed by atoms with van der Waals surface area (Å²) in [4.78, 5) is 11.8. The molecule has 6 N–H and O–H groups in total. The number of aromatic amines is 1. The van der Waals surface area contributed by atoms with Crippen molar-refractivity contribution in [2.45, 2.75) is 26.8 Å². The van der Waals surface area contributed by atoms with Crippen molar-refractivity contribution < 1.29 is 9.90 Å². The van der Waals surface area contributed by atoms with Gasteiger partial charge >= 0.3 is 0 Å². The number of para-hydroxylation sites is 1. The number of hydrogen-bond donors (Lipinski definition) is 4. The monoisotopic (exact) mass is 470 g/mol.